The Labute approximate surface area is 480 Å². The number of imidazole rings is 2. The molecule has 0 saturated carbocycles. The quantitative estimate of drug-likeness (QED) is 0.0429. The molecule has 15 atom stereocenters. The van der Waals surface area contributed by atoms with Gasteiger partial charge in [-0.3, -0.25) is 51.5 Å². The van der Waals surface area contributed by atoms with Gasteiger partial charge >= 0.3 is 36.1 Å². The number of nitrogens with one attached hydrogen (secondary N) is 2. The SMILES string of the molecule is Cc1cn([C@H]2CC(O[Si](C)(C)C)[C@@H](CO[PH](=O)OC3C[C@H](n4cnc5c(=O)[nH]c(N)nc54)O[C@@H]3CO[PH](=O)OC3C[C@H](n4cnc5c(N)ncnc54)O[C@@H]3CO[PH](=O)OC3C[C@H](n4ccc(N)nc4=O)O[C@@H]3CO[Si](C)(C)C)O2)c(=O)[nH]c1=O. The first-order chi connectivity index (χ1) is 39.8. The summed E-state index contributed by atoms with van der Waals surface area (Å²) < 4.78 is 121. The first kappa shape index (κ1) is 61.6. The molecule has 0 aliphatic carbocycles. The molecule has 0 radical (unpaired) electrons. The monoisotopic (exact) mass is 1270 g/mol. The van der Waals surface area contributed by atoms with Gasteiger partial charge < -0.3 is 72.1 Å². The van der Waals surface area contributed by atoms with Crippen molar-refractivity contribution in [3.63, 3.8) is 0 Å². The molecule has 6 aromatic heterocycles. The van der Waals surface area contributed by atoms with Crippen molar-refractivity contribution in [2.45, 2.75) is 146 Å². The zero-order chi connectivity index (χ0) is 59.9. The van der Waals surface area contributed by atoms with E-state index in [-0.39, 0.29) is 67.6 Å². The standard InChI is InChI=1S/C45H66N15O19P3Si2/c1-22-14-58(45(64)56-41(22)61)33-13-26(79-84(5,6)7)29(74-33)17-70-82(67)77-24-12-35(60-21-52-37-40(60)54-43(48)55-42(37)62)73-28(24)16-68-80(65)76-23-11-34(59-20-51-36-38(47)49-19-50-39(36)59)72-27(23)15-69-81(66)78-25-10-32(57-9-8-31(46)53-44(57)63)75-30(25)18-71-83(2,3)4/h8-9,14,19-21,23-30,32-35,80-82H,10-13,15-18H2,1-7H3,(H2,46,53,63)(H2,47,49,50)(H,56,61,64)(H3,48,54,55,62)/t23?,24?,25?,26?,27-,28-,29-,30-,32-,33-,34-,35-/m1/s1. The van der Waals surface area contributed by atoms with Gasteiger partial charge in [-0.05, 0) is 52.3 Å². The number of fused-ring (bicyclic) bond motifs is 2. The van der Waals surface area contributed by atoms with Crippen molar-refractivity contribution in [1.29, 1.82) is 0 Å². The molecule has 0 bridgehead atoms. The largest absolute Gasteiger partial charge is 0.415 e. The Bertz CT molecular complexity index is 3690. The highest BCUT2D eigenvalue weighted by molar-refractivity contribution is 7.33. The Morgan fingerprint density at radius 1 is 0.595 bits per heavy atom. The minimum Gasteiger partial charge on any atom is -0.415 e. The number of anilines is 3. The van der Waals surface area contributed by atoms with Gasteiger partial charge in [0.25, 0.3) is 11.1 Å². The second-order valence-corrected chi connectivity index (χ2v) is 34.2. The average Bonchev–Trinajstić information content (AvgIpc) is 2.25. The molecular formula is C45H66N15O19P3Si2. The molecule has 4 aliphatic heterocycles. The molecule has 0 aromatic carbocycles. The highest BCUT2D eigenvalue weighted by Gasteiger charge is 2.45. The van der Waals surface area contributed by atoms with Crippen LogP contribution in [0, 0.1) is 6.92 Å². The van der Waals surface area contributed by atoms with Crippen molar-refractivity contribution in [2.24, 2.45) is 0 Å². The van der Waals surface area contributed by atoms with E-state index >= 15 is 0 Å². The zero-order valence-electron chi connectivity index (χ0n) is 46.5. The Hall–Kier alpha value is -5.50. The number of rotatable bonds is 24. The van der Waals surface area contributed by atoms with Crippen LogP contribution in [0.5, 0.6) is 0 Å². The van der Waals surface area contributed by atoms with Crippen molar-refractivity contribution in [2.75, 3.05) is 43.6 Å². The summed E-state index contributed by atoms with van der Waals surface area (Å²) in [5.41, 5.74) is 16.2. The summed E-state index contributed by atoms with van der Waals surface area (Å²) in [5.74, 6) is -0.0469. The number of nitrogens with two attached hydrogens (primary N) is 3. The number of aromatic amines is 2. The number of hydrogen-bond donors (Lipinski definition) is 5. The molecule has 34 nitrogen and oxygen atoms in total. The van der Waals surface area contributed by atoms with E-state index in [1.807, 2.05) is 39.3 Å². The Kier molecular flexibility index (Phi) is 18.7. The predicted octanol–water partition coefficient (Wildman–Crippen LogP) is 2.42. The highest BCUT2D eigenvalue weighted by Crippen LogP contribution is 2.45. The third kappa shape index (κ3) is 14.5. The fraction of sp³-hybridized carbons (Fsp3) is 0.600. The van der Waals surface area contributed by atoms with Crippen molar-refractivity contribution < 1.29 is 68.6 Å². The third-order valence-electron chi connectivity index (χ3n) is 13.8. The lowest BCUT2D eigenvalue weighted by Crippen LogP contribution is -2.38. The van der Waals surface area contributed by atoms with E-state index in [9.17, 15) is 32.9 Å². The molecule has 6 aromatic rings. The second kappa shape index (κ2) is 25.5. The summed E-state index contributed by atoms with van der Waals surface area (Å²) in [4.78, 5) is 80.1. The van der Waals surface area contributed by atoms with Crippen LogP contribution < -0.4 is 39.7 Å². The van der Waals surface area contributed by atoms with Crippen molar-refractivity contribution in [3.05, 3.63) is 84.7 Å². The second-order valence-electron chi connectivity index (χ2n) is 22.2. The third-order valence-corrected chi connectivity index (χ3v) is 18.6. The maximum Gasteiger partial charge on any atom is 0.351 e. The van der Waals surface area contributed by atoms with Crippen molar-refractivity contribution >= 4 is 81.3 Å². The predicted molar refractivity (Wildman–Crippen MR) is 302 cm³/mol. The van der Waals surface area contributed by atoms with Crippen LogP contribution in [0.1, 0.15) is 56.2 Å². The van der Waals surface area contributed by atoms with Gasteiger partial charge in [0.2, 0.25) is 5.95 Å². The molecule has 10 heterocycles. The number of nitrogen functional groups attached to an aromatic ring is 3. The number of H-pyrrole nitrogens is 2. The van der Waals surface area contributed by atoms with Gasteiger partial charge in [0, 0.05) is 43.6 Å². The molecule has 0 spiro atoms. The lowest BCUT2D eigenvalue weighted by molar-refractivity contribution is -0.0501. The van der Waals surface area contributed by atoms with E-state index in [0.29, 0.717) is 16.7 Å². The minimum atomic E-state index is -3.52. The maximum atomic E-state index is 14.1. The molecule has 7 unspecified atom stereocenters. The summed E-state index contributed by atoms with van der Waals surface area (Å²) in [7, 11) is -14.6. The number of aryl methyl sites for hydroxylation is 1. The van der Waals surface area contributed by atoms with Gasteiger partial charge in [-0.15, -0.1) is 0 Å². The molecule has 4 saturated heterocycles. The lowest BCUT2D eigenvalue weighted by atomic mass is 10.2. The molecule has 8 N–H and O–H groups in total. The summed E-state index contributed by atoms with van der Waals surface area (Å²) in [6, 6.07) is 1.45. The Morgan fingerprint density at radius 3 is 1.64 bits per heavy atom. The number of nitrogens with zero attached hydrogens (tertiary/aromatic N) is 10. The van der Waals surface area contributed by atoms with Crippen LogP contribution in [-0.4, -0.2) is 150 Å². The summed E-state index contributed by atoms with van der Waals surface area (Å²) in [5, 5.41) is 0. The van der Waals surface area contributed by atoms with Crippen LogP contribution in [0.15, 0.2) is 56.6 Å². The molecule has 10 rings (SSSR count). The zero-order valence-corrected chi connectivity index (χ0v) is 51.5. The summed E-state index contributed by atoms with van der Waals surface area (Å²) >= 11 is 0. The van der Waals surface area contributed by atoms with Gasteiger partial charge in [0.1, 0.15) is 67.0 Å². The molecule has 0 amide bonds. The smallest absolute Gasteiger partial charge is 0.351 e. The van der Waals surface area contributed by atoms with E-state index < -0.39 is 151 Å². The number of aromatic nitrogens is 12. The van der Waals surface area contributed by atoms with Crippen LogP contribution in [0.4, 0.5) is 17.6 Å². The topological polar surface area (TPSA) is 437 Å². The van der Waals surface area contributed by atoms with E-state index in [1.54, 1.807) is 11.5 Å². The summed E-state index contributed by atoms with van der Waals surface area (Å²) in [6.07, 6.45) is -3.82. The average molecular weight is 1270 g/mol. The maximum absolute atomic E-state index is 14.1. The molecule has 4 aliphatic rings. The van der Waals surface area contributed by atoms with Gasteiger partial charge in [-0.1, -0.05) is 0 Å². The Morgan fingerprint density at radius 2 is 1.10 bits per heavy atom. The van der Waals surface area contributed by atoms with E-state index in [1.165, 1.54) is 51.1 Å². The molecule has 39 heteroatoms. The van der Waals surface area contributed by atoms with Gasteiger partial charge in [-0.2, -0.15) is 9.97 Å². The fourth-order valence-corrected chi connectivity index (χ4v) is 14.4. The van der Waals surface area contributed by atoms with Crippen LogP contribution in [-0.2, 0) is 68.6 Å². The van der Waals surface area contributed by atoms with Crippen molar-refractivity contribution in [1.82, 2.24) is 58.1 Å². The Balaban J connectivity index is 0.828. The van der Waals surface area contributed by atoms with E-state index in [2.05, 4.69) is 39.9 Å². The van der Waals surface area contributed by atoms with Gasteiger partial charge in [0.05, 0.1) is 63.5 Å². The normalized spacial score (nSPS) is 27.8. The minimum absolute atomic E-state index is 0.0100. The van der Waals surface area contributed by atoms with Crippen LogP contribution in [0.3, 0.4) is 0 Å². The molecule has 84 heavy (non-hydrogen) atoms. The number of hydrogen-bond acceptors (Lipinski definition) is 28. The van der Waals surface area contributed by atoms with Crippen molar-refractivity contribution in [3.8, 4) is 0 Å². The lowest BCUT2D eigenvalue weighted by Gasteiger charge is -2.26. The highest BCUT2D eigenvalue weighted by atomic mass is 31.1. The van der Waals surface area contributed by atoms with Crippen LogP contribution >= 0.6 is 24.8 Å². The van der Waals surface area contributed by atoms with Crippen LogP contribution in [0.25, 0.3) is 22.3 Å². The van der Waals surface area contributed by atoms with Crippen LogP contribution in [0.2, 0.25) is 39.3 Å². The van der Waals surface area contributed by atoms with Gasteiger partial charge in [0.15, 0.2) is 39.3 Å². The first-order valence-corrected chi connectivity index (χ1v) is 37.1. The van der Waals surface area contributed by atoms with E-state index in [4.69, 9.17) is 72.1 Å². The fourth-order valence-electron chi connectivity index (χ4n) is 9.97. The molecule has 458 valence electrons. The van der Waals surface area contributed by atoms with E-state index in [0.717, 1.165) is 0 Å². The number of ether oxygens (including phenoxy) is 4. The molecule has 4 fully saturated rings. The summed E-state index contributed by atoms with van der Waals surface area (Å²) in [6.45, 7) is 12.3. The van der Waals surface area contributed by atoms with Gasteiger partial charge in [-0.25, -0.2) is 29.5 Å². The first-order valence-electron chi connectivity index (χ1n) is 26.6. The molecular weight excluding hydrogens is 1200 g/mol.